The third-order valence-electron chi connectivity index (χ3n) is 6.10. The Hall–Kier alpha value is -4.17. The Morgan fingerprint density at radius 2 is 1.74 bits per heavy atom. The SMILES string of the molecule is COc1ccc(NC(=O)Cc2ccc(-c3ccc(-c4noc(C)n4)cc3C)cc2)cc1OCCCN(C)C. The molecule has 0 unspecified atom stereocenters. The van der Waals surface area contributed by atoms with Gasteiger partial charge in [0.1, 0.15) is 0 Å². The van der Waals surface area contributed by atoms with Crippen LogP contribution in [0.15, 0.2) is 65.2 Å². The molecule has 4 aromatic rings. The molecule has 0 atom stereocenters. The third-order valence-corrected chi connectivity index (χ3v) is 6.10. The number of nitrogens with zero attached hydrogens (tertiary/aromatic N) is 3. The molecule has 0 radical (unpaired) electrons. The van der Waals surface area contributed by atoms with Gasteiger partial charge in [-0.05, 0) is 67.9 Å². The van der Waals surface area contributed by atoms with Gasteiger partial charge in [-0.2, -0.15) is 4.98 Å². The van der Waals surface area contributed by atoms with E-state index < -0.39 is 0 Å². The summed E-state index contributed by atoms with van der Waals surface area (Å²) < 4.78 is 16.4. The molecule has 1 heterocycles. The maximum absolute atomic E-state index is 12.8. The zero-order valence-corrected chi connectivity index (χ0v) is 22.6. The minimum atomic E-state index is -0.0996. The van der Waals surface area contributed by atoms with Gasteiger partial charge in [0.15, 0.2) is 11.5 Å². The first-order valence-corrected chi connectivity index (χ1v) is 12.6. The standard InChI is InChI=1S/C30H34N4O4/c1-20-17-24(30-31-21(2)38-33-30)11-13-26(20)23-9-7-22(8-10-23)18-29(35)32-25-12-14-27(36-5)28(19-25)37-16-6-15-34(3)4/h7-14,17,19H,6,15-16,18H2,1-5H3,(H,32,35). The number of carbonyl (C=O) groups is 1. The smallest absolute Gasteiger partial charge is 0.228 e. The Morgan fingerprint density at radius 1 is 0.974 bits per heavy atom. The van der Waals surface area contributed by atoms with Crippen molar-refractivity contribution in [3.8, 4) is 34.0 Å². The molecule has 0 saturated heterocycles. The fourth-order valence-corrected chi connectivity index (χ4v) is 4.17. The van der Waals surface area contributed by atoms with Crippen LogP contribution in [0.4, 0.5) is 5.69 Å². The second kappa shape index (κ2) is 12.4. The van der Waals surface area contributed by atoms with Crippen molar-refractivity contribution in [1.29, 1.82) is 0 Å². The van der Waals surface area contributed by atoms with Gasteiger partial charge < -0.3 is 24.2 Å². The van der Waals surface area contributed by atoms with Crippen molar-refractivity contribution in [3.05, 3.63) is 77.7 Å². The van der Waals surface area contributed by atoms with E-state index in [1.54, 1.807) is 26.2 Å². The van der Waals surface area contributed by atoms with E-state index in [0.717, 1.165) is 40.8 Å². The molecule has 198 valence electrons. The summed E-state index contributed by atoms with van der Waals surface area (Å²) in [6, 6.07) is 19.6. The van der Waals surface area contributed by atoms with Crippen LogP contribution in [0, 0.1) is 13.8 Å². The number of amides is 1. The Morgan fingerprint density at radius 3 is 2.39 bits per heavy atom. The first-order chi connectivity index (χ1) is 18.3. The third kappa shape index (κ3) is 6.98. The van der Waals surface area contributed by atoms with E-state index >= 15 is 0 Å². The number of methoxy groups -OCH3 is 1. The highest BCUT2D eigenvalue weighted by molar-refractivity contribution is 5.92. The molecule has 8 heteroatoms. The molecule has 1 amide bonds. The molecule has 4 rings (SSSR count). The van der Waals surface area contributed by atoms with E-state index in [-0.39, 0.29) is 12.3 Å². The lowest BCUT2D eigenvalue weighted by atomic mass is 9.97. The Kier molecular flexibility index (Phi) is 8.76. The summed E-state index contributed by atoms with van der Waals surface area (Å²) in [6.07, 6.45) is 1.16. The van der Waals surface area contributed by atoms with E-state index in [0.29, 0.717) is 35.5 Å². The largest absolute Gasteiger partial charge is 0.493 e. The van der Waals surface area contributed by atoms with E-state index in [2.05, 4.69) is 39.4 Å². The summed E-state index contributed by atoms with van der Waals surface area (Å²) in [5.41, 5.74) is 5.81. The lowest BCUT2D eigenvalue weighted by Gasteiger charge is -2.14. The van der Waals surface area contributed by atoms with Gasteiger partial charge in [-0.3, -0.25) is 4.79 Å². The average Bonchev–Trinajstić information content (AvgIpc) is 3.33. The van der Waals surface area contributed by atoms with Gasteiger partial charge in [0, 0.05) is 30.8 Å². The summed E-state index contributed by atoms with van der Waals surface area (Å²) in [7, 11) is 5.67. The summed E-state index contributed by atoms with van der Waals surface area (Å²) in [5, 5.41) is 6.96. The molecule has 8 nitrogen and oxygen atoms in total. The first kappa shape index (κ1) is 26.9. The lowest BCUT2D eigenvalue weighted by molar-refractivity contribution is -0.115. The first-order valence-electron chi connectivity index (χ1n) is 12.6. The monoisotopic (exact) mass is 514 g/mol. The van der Waals surface area contributed by atoms with Crippen molar-refractivity contribution < 1.29 is 18.8 Å². The lowest BCUT2D eigenvalue weighted by Crippen LogP contribution is -2.16. The predicted octanol–water partition coefficient (Wildman–Crippen LogP) is 5.54. The minimum absolute atomic E-state index is 0.0996. The van der Waals surface area contributed by atoms with E-state index in [1.165, 1.54) is 0 Å². The van der Waals surface area contributed by atoms with Crippen LogP contribution in [0.2, 0.25) is 0 Å². The van der Waals surface area contributed by atoms with Crippen LogP contribution in [0.25, 0.3) is 22.5 Å². The summed E-state index contributed by atoms with van der Waals surface area (Å²) in [4.78, 5) is 19.2. The van der Waals surface area contributed by atoms with Crippen LogP contribution in [0.3, 0.4) is 0 Å². The van der Waals surface area contributed by atoms with Crippen molar-refractivity contribution in [1.82, 2.24) is 15.0 Å². The van der Waals surface area contributed by atoms with E-state index in [1.807, 2.05) is 50.5 Å². The summed E-state index contributed by atoms with van der Waals surface area (Å²) in [6.45, 7) is 5.33. The summed E-state index contributed by atoms with van der Waals surface area (Å²) >= 11 is 0. The van der Waals surface area contributed by atoms with Crippen LogP contribution >= 0.6 is 0 Å². The molecular weight excluding hydrogens is 480 g/mol. The molecule has 0 fully saturated rings. The molecule has 3 aromatic carbocycles. The predicted molar refractivity (Wildman–Crippen MR) is 149 cm³/mol. The average molecular weight is 515 g/mol. The number of hydrogen-bond acceptors (Lipinski definition) is 7. The van der Waals surface area contributed by atoms with Gasteiger partial charge in [-0.25, -0.2) is 0 Å². The van der Waals surface area contributed by atoms with Crippen LogP contribution in [-0.2, 0) is 11.2 Å². The number of rotatable bonds is 11. The van der Waals surface area contributed by atoms with Crippen LogP contribution < -0.4 is 14.8 Å². The zero-order valence-electron chi connectivity index (χ0n) is 22.6. The zero-order chi connectivity index (χ0) is 27.1. The van der Waals surface area contributed by atoms with Crippen molar-refractivity contribution in [2.75, 3.05) is 39.7 Å². The molecule has 0 aliphatic rings. The highest BCUT2D eigenvalue weighted by atomic mass is 16.5. The van der Waals surface area contributed by atoms with E-state index in [9.17, 15) is 4.79 Å². The number of benzene rings is 3. The number of hydrogen-bond donors (Lipinski definition) is 1. The van der Waals surface area contributed by atoms with Crippen LogP contribution in [0.5, 0.6) is 11.5 Å². The number of anilines is 1. The number of aryl methyl sites for hydroxylation is 2. The minimum Gasteiger partial charge on any atom is -0.493 e. The Bertz CT molecular complexity index is 1380. The molecule has 1 N–H and O–H groups in total. The maximum Gasteiger partial charge on any atom is 0.228 e. The highest BCUT2D eigenvalue weighted by Gasteiger charge is 2.11. The topological polar surface area (TPSA) is 89.7 Å². The fourth-order valence-electron chi connectivity index (χ4n) is 4.17. The fraction of sp³-hybridized carbons (Fsp3) is 0.300. The Balaban J connectivity index is 1.37. The number of carbonyl (C=O) groups excluding carboxylic acids is 1. The normalized spacial score (nSPS) is 11.0. The molecule has 38 heavy (non-hydrogen) atoms. The maximum atomic E-state index is 12.8. The molecule has 0 saturated carbocycles. The molecular formula is C30H34N4O4. The molecule has 0 aliphatic heterocycles. The van der Waals surface area contributed by atoms with Crippen molar-refractivity contribution in [2.24, 2.45) is 0 Å². The van der Waals surface area contributed by atoms with Crippen molar-refractivity contribution >= 4 is 11.6 Å². The van der Waals surface area contributed by atoms with Crippen molar-refractivity contribution in [3.63, 3.8) is 0 Å². The van der Waals surface area contributed by atoms with Gasteiger partial charge in [0.2, 0.25) is 17.6 Å². The second-order valence-electron chi connectivity index (χ2n) is 9.46. The number of aromatic nitrogens is 2. The molecule has 0 aliphatic carbocycles. The van der Waals surface area contributed by atoms with Gasteiger partial charge >= 0.3 is 0 Å². The van der Waals surface area contributed by atoms with Gasteiger partial charge in [0.05, 0.1) is 20.1 Å². The number of ether oxygens (including phenoxy) is 2. The molecule has 1 aromatic heterocycles. The Labute approximate surface area is 223 Å². The molecule has 0 bridgehead atoms. The summed E-state index contributed by atoms with van der Waals surface area (Å²) in [5.74, 6) is 2.27. The van der Waals surface area contributed by atoms with Gasteiger partial charge in [-0.15, -0.1) is 0 Å². The second-order valence-corrected chi connectivity index (χ2v) is 9.46. The van der Waals surface area contributed by atoms with Gasteiger partial charge in [-0.1, -0.05) is 41.6 Å². The number of nitrogens with one attached hydrogen (secondary N) is 1. The quantitative estimate of drug-likeness (QED) is 0.263. The van der Waals surface area contributed by atoms with E-state index in [4.69, 9.17) is 14.0 Å². The van der Waals surface area contributed by atoms with Crippen molar-refractivity contribution in [2.45, 2.75) is 26.7 Å². The molecule has 0 spiro atoms. The highest BCUT2D eigenvalue weighted by Crippen LogP contribution is 2.31. The van der Waals surface area contributed by atoms with Gasteiger partial charge in [0.25, 0.3) is 0 Å². The van der Waals surface area contributed by atoms with Crippen LogP contribution in [-0.4, -0.2) is 55.3 Å². The van der Waals surface area contributed by atoms with Crippen LogP contribution in [0.1, 0.15) is 23.4 Å².